The molecule has 1 saturated heterocycles. The van der Waals surface area contributed by atoms with Crippen molar-refractivity contribution >= 4 is 11.8 Å². The van der Waals surface area contributed by atoms with Gasteiger partial charge in [0.05, 0.1) is 12.3 Å². The van der Waals surface area contributed by atoms with Crippen molar-refractivity contribution in [2.75, 3.05) is 30.8 Å². The summed E-state index contributed by atoms with van der Waals surface area (Å²) in [5.41, 5.74) is 10.6. The largest absolute Gasteiger partial charge is 0.381 e. The first-order chi connectivity index (χ1) is 12.7. The first kappa shape index (κ1) is 17.1. The number of nitrogens with zero attached hydrogens (tertiary/aromatic N) is 4. The molecule has 0 bridgehead atoms. The third kappa shape index (κ3) is 3.77. The average Bonchev–Trinajstić information content (AvgIpc) is 3.16. The van der Waals surface area contributed by atoms with Gasteiger partial charge in [-0.3, -0.25) is 0 Å². The first-order valence-corrected chi connectivity index (χ1v) is 9.50. The summed E-state index contributed by atoms with van der Waals surface area (Å²) >= 11 is 0. The molecule has 1 atom stereocenters. The lowest BCUT2D eigenvalue weighted by atomic mass is 9.95. The predicted octanol–water partition coefficient (Wildman–Crippen LogP) is 2.19. The molecule has 0 aromatic carbocycles. The van der Waals surface area contributed by atoms with Crippen LogP contribution >= 0.6 is 0 Å². The fourth-order valence-electron chi connectivity index (χ4n) is 3.81. The van der Waals surface area contributed by atoms with Crippen LogP contribution < -0.4 is 11.1 Å². The van der Waals surface area contributed by atoms with E-state index in [-0.39, 0.29) is 0 Å². The molecule has 1 fully saturated rings. The molecule has 2 aromatic heterocycles. The second kappa shape index (κ2) is 7.53. The minimum atomic E-state index is 0.303. The maximum atomic E-state index is 5.88. The number of hydrogen-bond acceptors (Lipinski definition) is 7. The summed E-state index contributed by atoms with van der Waals surface area (Å²) in [5.74, 6) is 2.28. The molecule has 2 aromatic rings. The van der Waals surface area contributed by atoms with E-state index in [4.69, 9.17) is 20.4 Å². The number of ether oxygens (including phenoxy) is 1. The molecule has 3 N–H and O–H groups in total. The number of aromatic nitrogens is 4. The Morgan fingerprint density at radius 2 is 2.08 bits per heavy atom. The smallest absolute Gasteiger partial charge is 0.222 e. The zero-order valence-electron chi connectivity index (χ0n) is 15.3. The van der Waals surface area contributed by atoms with Crippen molar-refractivity contribution in [3.8, 4) is 0 Å². The van der Waals surface area contributed by atoms with Gasteiger partial charge in [0.2, 0.25) is 5.95 Å². The van der Waals surface area contributed by atoms with Crippen LogP contribution in [0.4, 0.5) is 11.8 Å². The second-order valence-electron chi connectivity index (χ2n) is 7.13. The summed E-state index contributed by atoms with van der Waals surface area (Å²) in [6.07, 6.45) is 6.43. The van der Waals surface area contributed by atoms with Crippen LogP contribution in [0, 0.1) is 6.92 Å². The minimum Gasteiger partial charge on any atom is -0.381 e. The molecule has 0 unspecified atom stereocenters. The highest BCUT2D eigenvalue weighted by molar-refractivity contribution is 5.41. The van der Waals surface area contributed by atoms with Crippen LogP contribution in [-0.2, 0) is 24.0 Å². The standard InChI is InChI=1S/C19H26N6O/c1-12-14-4-2-3-5-15(14)23-17(22-12)6-8-21-18-10-16(24-19(20)25-18)13-7-9-26-11-13/h10,13H,2-9,11H2,1H3,(H3,20,21,24,25)/t13-/m1/s1. The van der Waals surface area contributed by atoms with E-state index in [0.717, 1.165) is 61.9 Å². The Kier molecular flexibility index (Phi) is 4.97. The molecule has 7 nitrogen and oxygen atoms in total. The normalized spacial score (nSPS) is 19.3. The Morgan fingerprint density at radius 3 is 2.92 bits per heavy atom. The van der Waals surface area contributed by atoms with Gasteiger partial charge < -0.3 is 15.8 Å². The quantitative estimate of drug-likeness (QED) is 0.849. The van der Waals surface area contributed by atoms with Crippen molar-refractivity contribution < 1.29 is 4.74 Å². The molecule has 3 heterocycles. The lowest BCUT2D eigenvalue weighted by Crippen LogP contribution is -2.15. The summed E-state index contributed by atoms with van der Waals surface area (Å²) < 4.78 is 5.45. The van der Waals surface area contributed by atoms with Crippen LogP contribution in [0.1, 0.15) is 53.7 Å². The lowest BCUT2D eigenvalue weighted by Gasteiger charge is -2.17. The van der Waals surface area contributed by atoms with Crippen molar-refractivity contribution in [2.45, 2.75) is 51.4 Å². The minimum absolute atomic E-state index is 0.303. The summed E-state index contributed by atoms with van der Waals surface area (Å²) in [5, 5.41) is 3.35. The van der Waals surface area contributed by atoms with Crippen molar-refractivity contribution in [3.05, 3.63) is 34.5 Å². The highest BCUT2D eigenvalue weighted by atomic mass is 16.5. The van der Waals surface area contributed by atoms with Crippen LogP contribution in [0.25, 0.3) is 0 Å². The molecule has 4 rings (SSSR count). The molecule has 26 heavy (non-hydrogen) atoms. The fraction of sp³-hybridized carbons (Fsp3) is 0.579. The molecule has 0 spiro atoms. The van der Waals surface area contributed by atoms with E-state index in [9.17, 15) is 0 Å². The molecule has 1 aliphatic heterocycles. The Hall–Kier alpha value is -2.28. The molecule has 0 amide bonds. The maximum Gasteiger partial charge on any atom is 0.222 e. The van der Waals surface area contributed by atoms with Crippen LogP contribution in [0.2, 0.25) is 0 Å². The van der Waals surface area contributed by atoms with Gasteiger partial charge in [0.15, 0.2) is 0 Å². The van der Waals surface area contributed by atoms with Crippen molar-refractivity contribution in [2.24, 2.45) is 0 Å². The van der Waals surface area contributed by atoms with Gasteiger partial charge in [0, 0.05) is 42.9 Å². The van der Waals surface area contributed by atoms with Crippen molar-refractivity contribution in [1.82, 2.24) is 19.9 Å². The highest BCUT2D eigenvalue weighted by Gasteiger charge is 2.20. The number of nitrogens with two attached hydrogens (primary N) is 1. The van der Waals surface area contributed by atoms with E-state index < -0.39 is 0 Å². The molecule has 0 saturated carbocycles. The van der Waals surface area contributed by atoms with Crippen LogP contribution in [0.5, 0.6) is 0 Å². The Balaban J connectivity index is 1.41. The van der Waals surface area contributed by atoms with E-state index in [0.29, 0.717) is 18.5 Å². The maximum absolute atomic E-state index is 5.88. The SMILES string of the molecule is Cc1nc(CCNc2cc([C@@H]3CCOC3)nc(N)n2)nc2c1CCCC2. The van der Waals surface area contributed by atoms with Gasteiger partial charge in [-0.2, -0.15) is 4.98 Å². The predicted molar refractivity (Wildman–Crippen MR) is 100 cm³/mol. The zero-order valence-corrected chi connectivity index (χ0v) is 15.3. The van der Waals surface area contributed by atoms with Crippen LogP contribution in [0.3, 0.4) is 0 Å². The zero-order chi connectivity index (χ0) is 17.9. The van der Waals surface area contributed by atoms with Gasteiger partial charge in [-0.1, -0.05) is 0 Å². The van der Waals surface area contributed by atoms with Crippen molar-refractivity contribution in [3.63, 3.8) is 0 Å². The number of anilines is 2. The number of nitrogen functional groups attached to an aromatic ring is 1. The monoisotopic (exact) mass is 354 g/mol. The highest BCUT2D eigenvalue weighted by Crippen LogP contribution is 2.25. The Bertz CT molecular complexity index is 788. The molecule has 1 aliphatic carbocycles. The van der Waals surface area contributed by atoms with Gasteiger partial charge in [-0.25, -0.2) is 15.0 Å². The van der Waals surface area contributed by atoms with Gasteiger partial charge >= 0.3 is 0 Å². The molecular weight excluding hydrogens is 328 g/mol. The third-order valence-corrected chi connectivity index (χ3v) is 5.20. The van der Waals surface area contributed by atoms with Gasteiger partial charge in [0.1, 0.15) is 11.6 Å². The molecule has 7 heteroatoms. The lowest BCUT2D eigenvalue weighted by molar-refractivity contribution is 0.193. The first-order valence-electron chi connectivity index (χ1n) is 9.50. The number of nitrogens with one attached hydrogen (secondary N) is 1. The second-order valence-corrected chi connectivity index (χ2v) is 7.13. The number of aryl methyl sites for hydroxylation is 2. The van der Waals surface area contributed by atoms with E-state index >= 15 is 0 Å². The van der Waals surface area contributed by atoms with Crippen molar-refractivity contribution in [1.29, 1.82) is 0 Å². The Labute approximate surface area is 153 Å². The molecule has 2 aliphatic rings. The van der Waals surface area contributed by atoms with Gasteiger partial charge in [0.25, 0.3) is 0 Å². The number of hydrogen-bond donors (Lipinski definition) is 2. The number of rotatable bonds is 5. The van der Waals surface area contributed by atoms with E-state index in [2.05, 4.69) is 22.2 Å². The van der Waals surface area contributed by atoms with Crippen LogP contribution in [0.15, 0.2) is 6.07 Å². The molecular formula is C19H26N6O. The molecule has 0 radical (unpaired) electrons. The number of fused-ring (bicyclic) bond motifs is 1. The van der Waals surface area contributed by atoms with Gasteiger partial charge in [-0.05, 0) is 44.6 Å². The van der Waals surface area contributed by atoms with E-state index in [1.807, 2.05) is 6.07 Å². The topological polar surface area (TPSA) is 98.8 Å². The van der Waals surface area contributed by atoms with Gasteiger partial charge in [-0.15, -0.1) is 0 Å². The van der Waals surface area contributed by atoms with E-state index in [1.165, 1.54) is 24.1 Å². The summed E-state index contributed by atoms with van der Waals surface area (Å²) in [6, 6.07) is 1.98. The molecule has 138 valence electrons. The summed E-state index contributed by atoms with van der Waals surface area (Å²) in [6.45, 7) is 4.31. The summed E-state index contributed by atoms with van der Waals surface area (Å²) in [7, 11) is 0. The average molecular weight is 354 g/mol. The van der Waals surface area contributed by atoms with E-state index in [1.54, 1.807) is 0 Å². The summed E-state index contributed by atoms with van der Waals surface area (Å²) in [4.78, 5) is 18.1. The van der Waals surface area contributed by atoms with Crippen LogP contribution in [-0.4, -0.2) is 39.7 Å². The fourth-order valence-corrected chi connectivity index (χ4v) is 3.81. The third-order valence-electron chi connectivity index (χ3n) is 5.20. The Morgan fingerprint density at radius 1 is 1.19 bits per heavy atom.